The molecule has 3 rings (SSSR count). The molecule has 24 heavy (non-hydrogen) atoms. The molecular weight excluding hydrogens is 321 g/mol. The van der Waals surface area contributed by atoms with Gasteiger partial charge >= 0.3 is 0 Å². The van der Waals surface area contributed by atoms with E-state index in [1.54, 1.807) is 12.1 Å². The van der Waals surface area contributed by atoms with Crippen molar-refractivity contribution in [1.29, 1.82) is 0 Å². The van der Waals surface area contributed by atoms with Gasteiger partial charge in [0.05, 0.1) is 16.9 Å². The van der Waals surface area contributed by atoms with Gasteiger partial charge in [-0.2, -0.15) is 4.39 Å². The zero-order valence-electron chi connectivity index (χ0n) is 12.7. The summed E-state index contributed by atoms with van der Waals surface area (Å²) in [5, 5.41) is 11.7. The molecule has 2 aromatic carbocycles. The van der Waals surface area contributed by atoms with Gasteiger partial charge in [-0.25, -0.2) is 8.78 Å². The lowest BCUT2D eigenvalue weighted by molar-refractivity contribution is 0.102. The summed E-state index contributed by atoms with van der Waals surface area (Å²) < 4.78 is 40.4. The number of carbonyl (C=O) groups excluding carboxylic acids is 1. The minimum absolute atomic E-state index is 0.429. The quantitative estimate of drug-likeness (QED) is 0.841. The lowest BCUT2D eigenvalue weighted by Gasteiger charge is -2.21. The van der Waals surface area contributed by atoms with Crippen LogP contribution < -0.4 is 10.2 Å². The number of halogens is 3. The Morgan fingerprint density at radius 2 is 1.75 bits per heavy atom. The average Bonchev–Trinajstić information content (AvgIpc) is 3.11. The number of nitrogens with zero attached hydrogens (tertiary/aromatic N) is 1. The number of amides is 1. The van der Waals surface area contributed by atoms with Gasteiger partial charge in [0.15, 0.2) is 17.4 Å². The van der Waals surface area contributed by atoms with Crippen LogP contribution in [0.15, 0.2) is 30.3 Å². The van der Waals surface area contributed by atoms with E-state index in [0.29, 0.717) is 11.8 Å². The van der Waals surface area contributed by atoms with Gasteiger partial charge in [0.2, 0.25) is 5.82 Å². The van der Waals surface area contributed by atoms with Crippen LogP contribution >= 0.6 is 0 Å². The number of aromatic hydroxyl groups is 1. The van der Waals surface area contributed by atoms with Crippen molar-refractivity contribution >= 4 is 17.3 Å². The molecule has 7 heteroatoms. The number of phenols is 1. The highest BCUT2D eigenvalue weighted by molar-refractivity contribution is 6.06. The number of anilines is 2. The average molecular weight is 336 g/mol. The Morgan fingerprint density at radius 1 is 1.08 bits per heavy atom. The summed E-state index contributed by atoms with van der Waals surface area (Å²) in [6.07, 6.45) is 2.07. The van der Waals surface area contributed by atoms with E-state index >= 15 is 0 Å². The van der Waals surface area contributed by atoms with Crippen molar-refractivity contribution in [1.82, 2.24) is 0 Å². The van der Waals surface area contributed by atoms with Crippen molar-refractivity contribution in [2.24, 2.45) is 0 Å². The molecule has 0 aromatic heterocycles. The molecule has 2 aromatic rings. The molecule has 1 amide bonds. The van der Waals surface area contributed by atoms with E-state index in [0.717, 1.165) is 31.6 Å². The molecule has 0 unspecified atom stereocenters. The SMILES string of the molecule is O=C(Nc1ccccc1N1CCCC1)c1cc(F)c(F)c(O)c1F. The fourth-order valence-corrected chi connectivity index (χ4v) is 2.76. The Bertz CT molecular complexity index is 790. The van der Waals surface area contributed by atoms with Gasteiger partial charge in [-0.05, 0) is 31.0 Å². The summed E-state index contributed by atoms with van der Waals surface area (Å²) in [6.45, 7) is 1.68. The van der Waals surface area contributed by atoms with Gasteiger partial charge in [0.1, 0.15) is 0 Å². The molecule has 0 radical (unpaired) electrons. The molecule has 0 spiro atoms. The zero-order valence-corrected chi connectivity index (χ0v) is 12.7. The predicted molar refractivity (Wildman–Crippen MR) is 83.8 cm³/mol. The highest BCUT2D eigenvalue weighted by Crippen LogP contribution is 2.30. The number of para-hydroxylation sites is 2. The topological polar surface area (TPSA) is 52.6 Å². The van der Waals surface area contributed by atoms with Gasteiger partial charge in [-0.15, -0.1) is 0 Å². The standard InChI is InChI=1S/C17H15F3N2O2/c18-11-9-10(14(19)16(23)15(11)20)17(24)21-12-5-1-2-6-13(12)22-7-3-4-8-22/h1-2,5-6,9,23H,3-4,7-8H2,(H,21,24). The first kappa shape index (κ1) is 16.2. The monoisotopic (exact) mass is 336 g/mol. The second-order valence-electron chi connectivity index (χ2n) is 5.55. The zero-order chi connectivity index (χ0) is 17.3. The molecule has 1 heterocycles. The third kappa shape index (κ3) is 2.89. The first-order valence-electron chi connectivity index (χ1n) is 7.51. The molecule has 0 saturated carbocycles. The van der Waals surface area contributed by atoms with Crippen LogP contribution in [0.25, 0.3) is 0 Å². The Balaban J connectivity index is 1.91. The Kier molecular flexibility index (Phi) is 4.33. The largest absolute Gasteiger partial charge is 0.503 e. The Morgan fingerprint density at radius 3 is 2.46 bits per heavy atom. The van der Waals surface area contributed by atoms with Crippen LogP contribution in [0.1, 0.15) is 23.2 Å². The molecule has 0 aliphatic carbocycles. The number of benzene rings is 2. The number of hydrogen-bond acceptors (Lipinski definition) is 3. The third-order valence-corrected chi connectivity index (χ3v) is 3.98. The van der Waals surface area contributed by atoms with E-state index in [4.69, 9.17) is 0 Å². The van der Waals surface area contributed by atoms with Crippen LogP contribution in [0.3, 0.4) is 0 Å². The highest BCUT2D eigenvalue weighted by Gasteiger charge is 2.24. The summed E-state index contributed by atoms with van der Waals surface area (Å²) >= 11 is 0. The van der Waals surface area contributed by atoms with Crippen LogP contribution in [0.2, 0.25) is 0 Å². The molecule has 0 bridgehead atoms. The van der Waals surface area contributed by atoms with E-state index in [1.807, 2.05) is 12.1 Å². The van der Waals surface area contributed by atoms with E-state index in [9.17, 15) is 23.1 Å². The molecule has 1 aliphatic rings. The maximum absolute atomic E-state index is 13.9. The second-order valence-corrected chi connectivity index (χ2v) is 5.55. The number of carbonyl (C=O) groups is 1. The molecule has 1 aliphatic heterocycles. The summed E-state index contributed by atoms with van der Waals surface area (Å²) in [6, 6.07) is 7.41. The van der Waals surface area contributed by atoms with Gasteiger partial charge in [-0.3, -0.25) is 4.79 Å². The maximum atomic E-state index is 13.9. The van der Waals surface area contributed by atoms with Crippen molar-refractivity contribution in [3.05, 3.63) is 53.3 Å². The number of nitrogens with one attached hydrogen (secondary N) is 1. The van der Waals surface area contributed by atoms with Crippen molar-refractivity contribution < 1.29 is 23.1 Å². The number of phenolic OH excluding ortho intramolecular Hbond substituents is 1. The van der Waals surface area contributed by atoms with E-state index < -0.39 is 34.7 Å². The molecular formula is C17H15F3N2O2. The van der Waals surface area contributed by atoms with E-state index in [2.05, 4.69) is 10.2 Å². The molecule has 1 fully saturated rings. The number of rotatable bonds is 3. The Labute approximate surface area is 136 Å². The molecule has 4 nitrogen and oxygen atoms in total. The van der Waals surface area contributed by atoms with Crippen molar-refractivity contribution in [2.45, 2.75) is 12.8 Å². The summed E-state index contributed by atoms with van der Waals surface area (Å²) in [5.74, 6) is -7.18. The first-order valence-corrected chi connectivity index (χ1v) is 7.51. The Hall–Kier alpha value is -2.70. The molecule has 0 atom stereocenters. The smallest absolute Gasteiger partial charge is 0.258 e. The summed E-state index contributed by atoms with van der Waals surface area (Å²) in [4.78, 5) is 14.3. The van der Waals surface area contributed by atoms with Gasteiger partial charge in [0, 0.05) is 13.1 Å². The van der Waals surface area contributed by atoms with E-state index in [1.165, 1.54) is 0 Å². The predicted octanol–water partition coefficient (Wildman–Crippen LogP) is 3.66. The molecule has 126 valence electrons. The van der Waals surface area contributed by atoms with Crippen LogP contribution in [-0.2, 0) is 0 Å². The number of hydrogen-bond donors (Lipinski definition) is 2. The molecule has 1 saturated heterocycles. The third-order valence-electron chi connectivity index (χ3n) is 3.98. The first-order chi connectivity index (χ1) is 11.5. The minimum atomic E-state index is -1.72. The fourth-order valence-electron chi connectivity index (χ4n) is 2.76. The normalized spacial score (nSPS) is 14.0. The highest BCUT2D eigenvalue weighted by atomic mass is 19.2. The minimum Gasteiger partial charge on any atom is -0.503 e. The lowest BCUT2D eigenvalue weighted by Crippen LogP contribution is -2.21. The fraction of sp³-hybridized carbons (Fsp3) is 0.235. The van der Waals surface area contributed by atoms with Crippen molar-refractivity contribution in [2.75, 3.05) is 23.3 Å². The lowest BCUT2D eigenvalue weighted by atomic mass is 10.1. The van der Waals surface area contributed by atoms with Crippen LogP contribution in [0.4, 0.5) is 24.5 Å². The summed E-state index contributed by atoms with van der Waals surface area (Å²) in [7, 11) is 0. The van der Waals surface area contributed by atoms with Crippen LogP contribution in [0, 0.1) is 17.5 Å². The van der Waals surface area contributed by atoms with Crippen molar-refractivity contribution in [3.8, 4) is 5.75 Å². The van der Waals surface area contributed by atoms with Gasteiger partial charge < -0.3 is 15.3 Å². The van der Waals surface area contributed by atoms with Crippen molar-refractivity contribution in [3.63, 3.8) is 0 Å². The van der Waals surface area contributed by atoms with Crippen LogP contribution in [0.5, 0.6) is 5.75 Å². The van der Waals surface area contributed by atoms with Crippen LogP contribution in [-0.4, -0.2) is 24.1 Å². The maximum Gasteiger partial charge on any atom is 0.258 e. The van der Waals surface area contributed by atoms with E-state index in [-0.39, 0.29) is 0 Å². The van der Waals surface area contributed by atoms with Gasteiger partial charge in [0.25, 0.3) is 5.91 Å². The summed E-state index contributed by atoms with van der Waals surface area (Å²) in [5.41, 5.74) is 0.450. The second kappa shape index (κ2) is 6.43. The van der Waals surface area contributed by atoms with Gasteiger partial charge in [-0.1, -0.05) is 12.1 Å². The molecule has 2 N–H and O–H groups in total.